The number of rotatable bonds is 5. The van der Waals surface area contributed by atoms with Crippen LogP contribution >= 0.6 is 0 Å². The third-order valence-corrected chi connectivity index (χ3v) is 3.73. The summed E-state index contributed by atoms with van der Waals surface area (Å²) < 4.78 is 5.33. The molecule has 0 aliphatic carbocycles. The number of carbonyl (C=O) groups excluding carboxylic acids is 1. The summed E-state index contributed by atoms with van der Waals surface area (Å²) in [5.41, 5.74) is 2.41. The lowest BCUT2D eigenvalue weighted by atomic mass is 10.1. The smallest absolute Gasteiger partial charge is 0.254 e. The fourth-order valence-corrected chi connectivity index (χ4v) is 2.38. The highest BCUT2D eigenvalue weighted by atomic mass is 16.5. The molecule has 1 fully saturated rings. The number of ether oxygens (including phenoxy) is 1. The van der Waals surface area contributed by atoms with E-state index >= 15 is 0 Å². The second-order valence-electron chi connectivity index (χ2n) is 5.63. The summed E-state index contributed by atoms with van der Waals surface area (Å²) in [6.45, 7) is 3.38. The van der Waals surface area contributed by atoms with Gasteiger partial charge in [-0.25, -0.2) is 0 Å². The van der Waals surface area contributed by atoms with Gasteiger partial charge in [0.25, 0.3) is 5.91 Å². The van der Waals surface area contributed by atoms with Crippen LogP contribution in [0.2, 0.25) is 0 Å². The Kier molecular flexibility index (Phi) is 4.83. The van der Waals surface area contributed by atoms with E-state index < -0.39 is 0 Å². The summed E-state index contributed by atoms with van der Waals surface area (Å²) in [4.78, 5) is 11.9. The highest BCUT2D eigenvalue weighted by Gasteiger charge is 2.23. The number of amides is 1. The van der Waals surface area contributed by atoms with Gasteiger partial charge in [-0.1, -0.05) is 29.8 Å². The van der Waals surface area contributed by atoms with Crippen LogP contribution in [0.25, 0.3) is 0 Å². The van der Waals surface area contributed by atoms with E-state index in [1.165, 1.54) is 11.1 Å². The first-order chi connectivity index (χ1) is 11.2. The Balaban J connectivity index is 1.52. The minimum atomic E-state index is -0.365. The van der Waals surface area contributed by atoms with Crippen molar-refractivity contribution in [3.05, 3.63) is 47.5 Å². The van der Waals surface area contributed by atoms with Gasteiger partial charge in [0.1, 0.15) is 11.9 Å². The number of nitrogens with one attached hydrogen (secondary N) is 2. The van der Waals surface area contributed by atoms with Crippen molar-refractivity contribution in [1.29, 1.82) is 0 Å². The van der Waals surface area contributed by atoms with Crippen molar-refractivity contribution < 1.29 is 9.53 Å². The van der Waals surface area contributed by atoms with Gasteiger partial charge in [-0.3, -0.25) is 4.79 Å². The average molecular weight is 312 g/mol. The second kappa shape index (κ2) is 7.19. The molecule has 0 radical (unpaired) electrons. The first-order valence-electron chi connectivity index (χ1n) is 7.76. The molecule has 1 aliphatic rings. The van der Waals surface area contributed by atoms with E-state index in [0.717, 1.165) is 12.8 Å². The summed E-state index contributed by atoms with van der Waals surface area (Å²) in [7, 11) is 0. The van der Waals surface area contributed by atoms with Crippen LogP contribution in [0.15, 0.2) is 36.4 Å². The van der Waals surface area contributed by atoms with Gasteiger partial charge in [0.15, 0.2) is 5.82 Å². The fraction of sp³-hybridized carbons (Fsp3) is 0.353. The van der Waals surface area contributed by atoms with Crippen LogP contribution in [0, 0.1) is 6.92 Å². The number of nitrogens with zero attached hydrogens (tertiary/aromatic N) is 2. The van der Waals surface area contributed by atoms with E-state index in [9.17, 15) is 4.79 Å². The molecular formula is C17H20N4O2. The van der Waals surface area contributed by atoms with Gasteiger partial charge in [-0.15, -0.1) is 10.2 Å². The number of carbonyl (C=O) groups is 1. The van der Waals surface area contributed by atoms with Crippen LogP contribution in [0.5, 0.6) is 0 Å². The van der Waals surface area contributed by atoms with Crippen molar-refractivity contribution in [2.45, 2.75) is 32.4 Å². The fourth-order valence-electron chi connectivity index (χ4n) is 2.38. The molecule has 2 aromatic rings. The molecule has 3 rings (SSSR count). The highest BCUT2D eigenvalue weighted by Crippen LogP contribution is 2.14. The molecule has 6 heteroatoms. The zero-order valence-corrected chi connectivity index (χ0v) is 13.1. The molecule has 1 saturated heterocycles. The average Bonchev–Trinajstić information content (AvgIpc) is 3.10. The number of benzene rings is 1. The molecule has 6 nitrogen and oxygen atoms in total. The summed E-state index contributed by atoms with van der Waals surface area (Å²) in [5, 5.41) is 14.0. The van der Waals surface area contributed by atoms with E-state index in [1.807, 2.05) is 0 Å². The molecular weight excluding hydrogens is 292 g/mol. The van der Waals surface area contributed by atoms with Gasteiger partial charge >= 0.3 is 0 Å². The lowest BCUT2D eigenvalue weighted by Gasteiger charge is -2.10. The molecule has 1 aliphatic heterocycles. The minimum Gasteiger partial charge on any atom is -0.368 e. The second-order valence-corrected chi connectivity index (χ2v) is 5.63. The predicted molar refractivity (Wildman–Crippen MR) is 88.1 cm³/mol. The monoisotopic (exact) mass is 312 g/mol. The number of anilines is 2. The molecule has 1 amide bonds. The van der Waals surface area contributed by atoms with Gasteiger partial charge in [0.05, 0.1) is 0 Å². The Morgan fingerprint density at radius 3 is 2.57 bits per heavy atom. The molecule has 1 atom stereocenters. The van der Waals surface area contributed by atoms with Crippen molar-refractivity contribution in [1.82, 2.24) is 10.2 Å². The molecule has 120 valence electrons. The van der Waals surface area contributed by atoms with E-state index in [1.54, 1.807) is 12.1 Å². The number of hydrogen-bond acceptors (Lipinski definition) is 5. The minimum absolute atomic E-state index is 0.155. The molecule has 2 N–H and O–H groups in total. The zero-order valence-electron chi connectivity index (χ0n) is 13.1. The van der Waals surface area contributed by atoms with Gasteiger partial charge in [-0.2, -0.15) is 0 Å². The summed E-state index contributed by atoms with van der Waals surface area (Å²) in [6, 6.07) is 11.8. The van der Waals surface area contributed by atoms with Crippen molar-refractivity contribution in [3.8, 4) is 0 Å². The van der Waals surface area contributed by atoms with Crippen molar-refractivity contribution >= 4 is 17.5 Å². The van der Waals surface area contributed by atoms with Crippen LogP contribution in [0.3, 0.4) is 0 Å². The quantitative estimate of drug-likeness (QED) is 0.887. The number of hydrogen-bond donors (Lipinski definition) is 2. The Labute approximate surface area is 135 Å². The van der Waals surface area contributed by atoms with Gasteiger partial charge < -0.3 is 15.4 Å². The third kappa shape index (κ3) is 4.26. The van der Waals surface area contributed by atoms with Crippen LogP contribution in [0.4, 0.5) is 11.6 Å². The number of aryl methyl sites for hydroxylation is 1. The predicted octanol–water partition coefficient (Wildman–Crippen LogP) is 2.51. The third-order valence-electron chi connectivity index (χ3n) is 3.73. The van der Waals surface area contributed by atoms with Crippen molar-refractivity contribution in [3.63, 3.8) is 0 Å². The maximum Gasteiger partial charge on any atom is 0.254 e. The van der Waals surface area contributed by atoms with Crippen molar-refractivity contribution in [2.75, 3.05) is 17.2 Å². The summed E-state index contributed by atoms with van der Waals surface area (Å²) in [6.07, 6.45) is 1.32. The van der Waals surface area contributed by atoms with Gasteiger partial charge in [0, 0.05) is 13.2 Å². The Morgan fingerprint density at radius 2 is 1.91 bits per heavy atom. The molecule has 1 aromatic heterocycles. The standard InChI is InChI=1S/C17H20N4O2/c1-12-4-6-13(7-5-12)11-18-15-8-9-16(21-20-15)19-17(22)14-3-2-10-23-14/h4-9,14H,2-3,10-11H2,1H3,(H,18,20)(H,19,21,22). The highest BCUT2D eigenvalue weighted by molar-refractivity contribution is 5.93. The van der Waals surface area contributed by atoms with E-state index in [2.05, 4.69) is 52.0 Å². The first-order valence-corrected chi connectivity index (χ1v) is 7.76. The van der Waals surface area contributed by atoms with Crippen LogP contribution in [-0.4, -0.2) is 28.8 Å². The van der Waals surface area contributed by atoms with Gasteiger partial charge in [0.2, 0.25) is 0 Å². The number of aromatic nitrogens is 2. The first kappa shape index (κ1) is 15.4. The SMILES string of the molecule is Cc1ccc(CNc2ccc(NC(=O)C3CCCO3)nn2)cc1. The zero-order chi connectivity index (χ0) is 16.1. The van der Waals surface area contributed by atoms with Crippen molar-refractivity contribution in [2.24, 2.45) is 0 Å². The van der Waals surface area contributed by atoms with E-state index in [0.29, 0.717) is 24.8 Å². The Hall–Kier alpha value is -2.47. The molecule has 2 heterocycles. The lowest BCUT2D eigenvalue weighted by molar-refractivity contribution is -0.124. The van der Waals surface area contributed by atoms with Crippen LogP contribution in [0.1, 0.15) is 24.0 Å². The lowest BCUT2D eigenvalue weighted by Crippen LogP contribution is -2.27. The summed E-state index contributed by atoms with van der Waals surface area (Å²) in [5.74, 6) is 0.948. The summed E-state index contributed by atoms with van der Waals surface area (Å²) >= 11 is 0. The molecule has 0 saturated carbocycles. The van der Waals surface area contributed by atoms with Crippen LogP contribution in [-0.2, 0) is 16.1 Å². The maximum atomic E-state index is 11.9. The molecule has 0 spiro atoms. The molecule has 0 bridgehead atoms. The normalized spacial score (nSPS) is 17.0. The van der Waals surface area contributed by atoms with E-state index in [-0.39, 0.29) is 12.0 Å². The Morgan fingerprint density at radius 1 is 1.17 bits per heavy atom. The topological polar surface area (TPSA) is 76.1 Å². The molecule has 1 unspecified atom stereocenters. The maximum absolute atomic E-state index is 11.9. The largest absolute Gasteiger partial charge is 0.368 e. The molecule has 1 aromatic carbocycles. The van der Waals surface area contributed by atoms with Crippen LogP contribution < -0.4 is 10.6 Å². The van der Waals surface area contributed by atoms with Gasteiger partial charge in [-0.05, 0) is 37.5 Å². The van der Waals surface area contributed by atoms with E-state index in [4.69, 9.17) is 4.74 Å². The Bertz CT molecular complexity index is 649. The molecule has 23 heavy (non-hydrogen) atoms.